The molecule has 1 amide bonds. The van der Waals surface area contributed by atoms with Crippen LogP contribution in [-0.4, -0.2) is 40.1 Å². The van der Waals surface area contributed by atoms with E-state index in [1.54, 1.807) is 11.0 Å². The van der Waals surface area contributed by atoms with Crippen molar-refractivity contribution in [1.82, 2.24) is 9.88 Å². The predicted octanol–water partition coefficient (Wildman–Crippen LogP) is 1.12. The first-order chi connectivity index (χ1) is 9.70. The van der Waals surface area contributed by atoms with E-state index in [4.69, 9.17) is 0 Å². The molecular weight excluding hydrogens is 256 g/mol. The molecule has 0 unspecified atom stereocenters. The lowest BCUT2D eigenvalue weighted by Gasteiger charge is -2.23. The van der Waals surface area contributed by atoms with Crippen molar-refractivity contribution in [2.75, 3.05) is 13.2 Å². The number of aliphatic hydroxyl groups excluding tert-OH is 1. The highest BCUT2D eigenvalue weighted by Gasteiger charge is 2.29. The molecule has 1 saturated heterocycles. The summed E-state index contributed by atoms with van der Waals surface area (Å²) in [5.74, 6) is -0.177. The van der Waals surface area contributed by atoms with E-state index in [0.717, 1.165) is 18.2 Å². The molecule has 0 aliphatic carbocycles. The number of nitrogens with zero attached hydrogens (tertiary/aromatic N) is 1. The van der Waals surface area contributed by atoms with Gasteiger partial charge in [-0.05, 0) is 18.9 Å². The van der Waals surface area contributed by atoms with Crippen molar-refractivity contribution in [3.63, 3.8) is 0 Å². The maximum atomic E-state index is 12.6. The first kappa shape index (κ1) is 12.9. The molecule has 3 rings (SSSR count). The average molecular weight is 272 g/mol. The van der Waals surface area contributed by atoms with Crippen LogP contribution in [0.25, 0.3) is 10.9 Å². The van der Waals surface area contributed by atoms with Crippen molar-refractivity contribution in [2.24, 2.45) is 0 Å². The number of H-pyrrole nitrogens is 1. The van der Waals surface area contributed by atoms with E-state index in [0.29, 0.717) is 17.6 Å². The summed E-state index contributed by atoms with van der Waals surface area (Å²) in [4.78, 5) is 28.7. The summed E-state index contributed by atoms with van der Waals surface area (Å²) in [7, 11) is 0. The third-order valence-corrected chi connectivity index (χ3v) is 3.83. The van der Waals surface area contributed by atoms with E-state index >= 15 is 0 Å². The molecule has 1 aliphatic rings. The number of carbonyl (C=O) groups is 1. The summed E-state index contributed by atoms with van der Waals surface area (Å²) in [5.41, 5.74) is 0.777. The molecule has 2 aromatic rings. The third kappa shape index (κ3) is 2.10. The van der Waals surface area contributed by atoms with Crippen LogP contribution in [0.5, 0.6) is 0 Å². The van der Waals surface area contributed by atoms with Crippen LogP contribution in [0.4, 0.5) is 0 Å². The maximum absolute atomic E-state index is 12.6. The Hall–Kier alpha value is -2.14. The van der Waals surface area contributed by atoms with E-state index < -0.39 is 0 Å². The number of benzene rings is 1. The van der Waals surface area contributed by atoms with Gasteiger partial charge in [0.25, 0.3) is 5.91 Å². The number of para-hydroxylation sites is 1. The summed E-state index contributed by atoms with van der Waals surface area (Å²) in [6.07, 6.45) is 1.70. The van der Waals surface area contributed by atoms with Gasteiger partial charge in [0, 0.05) is 23.5 Å². The first-order valence-electron chi connectivity index (χ1n) is 6.74. The number of aliphatic hydroxyl groups is 1. The lowest BCUT2D eigenvalue weighted by Crippen LogP contribution is -2.38. The van der Waals surface area contributed by atoms with Crippen LogP contribution < -0.4 is 5.56 Å². The van der Waals surface area contributed by atoms with E-state index in [1.165, 1.54) is 6.07 Å². The van der Waals surface area contributed by atoms with Gasteiger partial charge >= 0.3 is 0 Å². The van der Waals surface area contributed by atoms with Gasteiger partial charge in [-0.15, -0.1) is 0 Å². The van der Waals surface area contributed by atoms with E-state index in [-0.39, 0.29) is 24.1 Å². The number of hydrogen-bond acceptors (Lipinski definition) is 3. The van der Waals surface area contributed by atoms with Crippen LogP contribution in [0, 0.1) is 0 Å². The smallest absolute Gasteiger partial charge is 0.255 e. The van der Waals surface area contributed by atoms with Crippen LogP contribution >= 0.6 is 0 Å². The summed E-state index contributed by atoms with van der Waals surface area (Å²) < 4.78 is 0. The molecule has 0 radical (unpaired) electrons. The highest BCUT2D eigenvalue weighted by molar-refractivity contribution is 6.06. The molecule has 1 fully saturated rings. The highest BCUT2D eigenvalue weighted by Crippen LogP contribution is 2.22. The molecular formula is C15H16N2O3. The molecule has 1 aromatic carbocycles. The van der Waals surface area contributed by atoms with Gasteiger partial charge in [0.2, 0.25) is 5.56 Å². The van der Waals surface area contributed by atoms with Crippen molar-refractivity contribution in [1.29, 1.82) is 0 Å². The van der Waals surface area contributed by atoms with Crippen molar-refractivity contribution < 1.29 is 9.90 Å². The molecule has 0 saturated carbocycles. The van der Waals surface area contributed by atoms with Crippen LogP contribution in [0.2, 0.25) is 0 Å². The SMILES string of the molecule is O=C(c1cc(=O)[nH]c2ccccc12)N1CCC[C@H]1CO. The number of aromatic nitrogens is 1. The third-order valence-electron chi connectivity index (χ3n) is 3.83. The van der Waals surface area contributed by atoms with Crippen LogP contribution in [0.3, 0.4) is 0 Å². The molecule has 5 nitrogen and oxygen atoms in total. The fourth-order valence-electron chi connectivity index (χ4n) is 2.83. The Balaban J connectivity index is 2.09. The number of fused-ring (bicyclic) bond motifs is 1. The number of rotatable bonds is 2. The summed E-state index contributed by atoms with van der Waals surface area (Å²) in [6.45, 7) is 0.595. The lowest BCUT2D eigenvalue weighted by molar-refractivity contribution is 0.0679. The Kier molecular flexibility index (Phi) is 3.28. The molecule has 20 heavy (non-hydrogen) atoms. The van der Waals surface area contributed by atoms with Gasteiger partial charge < -0.3 is 15.0 Å². The molecule has 2 N–H and O–H groups in total. The van der Waals surface area contributed by atoms with Crippen molar-refractivity contribution in [2.45, 2.75) is 18.9 Å². The fraction of sp³-hybridized carbons (Fsp3) is 0.333. The molecule has 1 atom stereocenters. The maximum Gasteiger partial charge on any atom is 0.255 e. The quantitative estimate of drug-likeness (QED) is 0.860. The minimum atomic E-state index is -0.285. The second kappa shape index (κ2) is 5.09. The number of amides is 1. The Labute approximate surface area is 115 Å². The number of pyridine rings is 1. The normalized spacial score (nSPS) is 18.6. The largest absolute Gasteiger partial charge is 0.394 e. The average Bonchev–Trinajstić information content (AvgIpc) is 2.94. The van der Waals surface area contributed by atoms with Gasteiger partial charge in [0.15, 0.2) is 0 Å². The summed E-state index contributed by atoms with van der Waals surface area (Å²) >= 11 is 0. The van der Waals surface area contributed by atoms with E-state index in [2.05, 4.69) is 4.98 Å². The standard InChI is InChI=1S/C15H16N2O3/c18-9-10-4-3-7-17(10)15(20)12-8-14(19)16-13-6-2-1-5-11(12)13/h1-2,5-6,8,10,18H,3-4,7,9H2,(H,16,19)/t10-/m0/s1. The Morgan fingerprint density at radius 2 is 2.20 bits per heavy atom. The van der Waals surface area contributed by atoms with Crippen molar-refractivity contribution >= 4 is 16.8 Å². The molecule has 5 heteroatoms. The molecule has 0 bridgehead atoms. The van der Waals surface area contributed by atoms with Crippen LogP contribution in [0.1, 0.15) is 23.2 Å². The minimum Gasteiger partial charge on any atom is -0.394 e. The predicted molar refractivity (Wildman–Crippen MR) is 75.7 cm³/mol. The monoisotopic (exact) mass is 272 g/mol. The fourth-order valence-corrected chi connectivity index (χ4v) is 2.83. The number of carbonyl (C=O) groups excluding carboxylic acids is 1. The second-order valence-electron chi connectivity index (χ2n) is 5.07. The van der Waals surface area contributed by atoms with Gasteiger partial charge in [-0.1, -0.05) is 18.2 Å². The molecule has 2 heterocycles. The molecule has 1 aliphatic heterocycles. The zero-order chi connectivity index (χ0) is 14.1. The number of hydrogen-bond donors (Lipinski definition) is 2. The summed E-state index contributed by atoms with van der Waals surface area (Å²) in [6, 6.07) is 8.46. The van der Waals surface area contributed by atoms with Gasteiger partial charge in [0.1, 0.15) is 0 Å². The van der Waals surface area contributed by atoms with Gasteiger partial charge in [-0.25, -0.2) is 0 Å². The van der Waals surface area contributed by atoms with Crippen molar-refractivity contribution in [3.05, 3.63) is 46.2 Å². The van der Waals surface area contributed by atoms with Crippen LogP contribution in [0.15, 0.2) is 35.1 Å². The zero-order valence-corrected chi connectivity index (χ0v) is 11.0. The topological polar surface area (TPSA) is 73.4 Å². The van der Waals surface area contributed by atoms with Gasteiger partial charge in [-0.3, -0.25) is 9.59 Å². The van der Waals surface area contributed by atoms with Gasteiger partial charge in [-0.2, -0.15) is 0 Å². The molecule has 0 spiro atoms. The Morgan fingerprint density at radius 3 is 3.00 bits per heavy atom. The number of aromatic amines is 1. The zero-order valence-electron chi connectivity index (χ0n) is 11.0. The van der Waals surface area contributed by atoms with Crippen molar-refractivity contribution in [3.8, 4) is 0 Å². The number of nitrogens with one attached hydrogen (secondary N) is 1. The molecule has 1 aromatic heterocycles. The van der Waals surface area contributed by atoms with E-state index in [1.807, 2.05) is 18.2 Å². The number of likely N-dealkylation sites (tertiary alicyclic amines) is 1. The Bertz CT molecular complexity index is 708. The summed E-state index contributed by atoms with van der Waals surface area (Å²) in [5, 5.41) is 10.1. The molecule has 104 valence electrons. The van der Waals surface area contributed by atoms with Crippen LogP contribution in [-0.2, 0) is 0 Å². The van der Waals surface area contributed by atoms with Gasteiger partial charge in [0.05, 0.1) is 18.2 Å². The second-order valence-corrected chi connectivity index (χ2v) is 5.07. The minimum absolute atomic E-state index is 0.0349. The highest BCUT2D eigenvalue weighted by atomic mass is 16.3. The first-order valence-corrected chi connectivity index (χ1v) is 6.74. The lowest BCUT2D eigenvalue weighted by atomic mass is 10.1. The Morgan fingerprint density at radius 1 is 1.40 bits per heavy atom. The van der Waals surface area contributed by atoms with E-state index in [9.17, 15) is 14.7 Å².